The van der Waals surface area contributed by atoms with Crippen LogP contribution >= 0.6 is 0 Å². The summed E-state index contributed by atoms with van der Waals surface area (Å²) >= 11 is 0. The molecule has 1 aliphatic rings. The van der Waals surface area contributed by atoms with Crippen LogP contribution in [0, 0.1) is 5.92 Å². The first kappa shape index (κ1) is 17.3. The Morgan fingerprint density at radius 3 is 2.60 bits per heavy atom. The SMILES string of the molecule is CCNC(=NCC(C)C)NCCCOC1CCCCC1. The molecule has 0 aromatic heterocycles. The Kier molecular flexibility index (Phi) is 9.46. The van der Waals surface area contributed by atoms with Gasteiger partial charge in [0.2, 0.25) is 0 Å². The third-order valence-corrected chi connectivity index (χ3v) is 3.48. The van der Waals surface area contributed by atoms with E-state index >= 15 is 0 Å². The number of aliphatic imine (C=N–C) groups is 1. The maximum absolute atomic E-state index is 5.92. The van der Waals surface area contributed by atoms with Gasteiger partial charge in [-0.1, -0.05) is 33.1 Å². The molecule has 0 unspecified atom stereocenters. The van der Waals surface area contributed by atoms with Crippen molar-refractivity contribution >= 4 is 5.96 Å². The molecule has 0 atom stereocenters. The first-order chi connectivity index (χ1) is 9.72. The normalized spacial score (nSPS) is 17.5. The van der Waals surface area contributed by atoms with Crippen LogP contribution in [0.4, 0.5) is 0 Å². The van der Waals surface area contributed by atoms with Crippen molar-refractivity contribution in [1.82, 2.24) is 10.6 Å². The lowest BCUT2D eigenvalue weighted by Gasteiger charge is -2.22. The lowest BCUT2D eigenvalue weighted by molar-refractivity contribution is 0.0277. The molecule has 0 amide bonds. The summed E-state index contributed by atoms with van der Waals surface area (Å²) < 4.78 is 5.92. The molecule has 0 aliphatic heterocycles. The second-order valence-corrected chi connectivity index (χ2v) is 6.02. The van der Waals surface area contributed by atoms with E-state index in [4.69, 9.17) is 4.74 Å². The molecule has 20 heavy (non-hydrogen) atoms. The highest BCUT2D eigenvalue weighted by molar-refractivity contribution is 5.79. The lowest BCUT2D eigenvalue weighted by atomic mass is 9.98. The van der Waals surface area contributed by atoms with Crippen LogP contribution in [0.2, 0.25) is 0 Å². The predicted molar refractivity (Wildman–Crippen MR) is 86.3 cm³/mol. The van der Waals surface area contributed by atoms with Crippen LogP contribution in [-0.4, -0.2) is 38.3 Å². The summed E-state index contributed by atoms with van der Waals surface area (Å²) in [5, 5.41) is 6.65. The quantitative estimate of drug-likeness (QED) is 0.409. The van der Waals surface area contributed by atoms with Crippen molar-refractivity contribution in [2.45, 2.75) is 65.4 Å². The minimum Gasteiger partial charge on any atom is -0.378 e. The monoisotopic (exact) mass is 283 g/mol. The first-order valence-electron chi connectivity index (χ1n) is 8.36. The Bertz CT molecular complexity index is 260. The zero-order valence-corrected chi connectivity index (χ0v) is 13.6. The molecule has 0 aromatic rings. The molecule has 4 nitrogen and oxygen atoms in total. The molecule has 1 fully saturated rings. The summed E-state index contributed by atoms with van der Waals surface area (Å²) in [6.07, 6.45) is 8.15. The van der Waals surface area contributed by atoms with Crippen LogP contribution in [0.15, 0.2) is 4.99 Å². The van der Waals surface area contributed by atoms with Crippen LogP contribution in [0.1, 0.15) is 59.3 Å². The topological polar surface area (TPSA) is 45.7 Å². The molecular formula is C16H33N3O. The van der Waals surface area contributed by atoms with E-state index in [9.17, 15) is 0 Å². The number of rotatable bonds is 8. The van der Waals surface area contributed by atoms with Gasteiger partial charge >= 0.3 is 0 Å². The van der Waals surface area contributed by atoms with Crippen molar-refractivity contribution in [2.75, 3.05) is 26.2 Å². The Morgan fingerprint density at radius 1 is 1.20 bits per heavy atom. The van der Waals surface area contributed by atoms with Gasteiger partial charge < -0.3 is 15.4 Å². The Morgan fingerprint density at radius 2 is 1.95 bits per heavy atom. The molecule has 0 aromatic carbocycles. The van der Waals surface area contributed by atoms with Gasteiger partial charge in [0.1, 0.15) is 0 Å². The molecule has 0 spiro atoms. The van der Waals surface area contributed by atoms with Crippen molar-refractivity contribution in [3.8, 4) is 0 Å². The van der Waals surface area contributed by atoms with Crippen molar-refractivity contribution in [3.63, 3.8) is 0 Å². The minimum atomic E-state index is 0.520. The lowest BCUT2D eigenvalue weighted by Crippen LogP contribution is -2.38. The van der Waals surface area contributed by atoms with Gasteiger partial charge in [-0.05, 0) is 32.1 Å². The van der Waals surface area contributed by atoms with E-state index in [1.807, 2.05) is 0 Å². The van der Waals surface area contributed by atoms with Crippen LogP contribution in [0.5, 0.6) is 0 Å². The molecule has 4 heteroatoms. The molecular weight excluding hydrogens is 250 g/mol. The average molecular weight is 283 g/mol. The maximum atomic E-state index is 5.92. The summed E-state index contributed by atoms with van der Waals surface area (Å²) in [5.41, 5.74) is 0. The van der Waals surface area contributed by atoms with Gasteiger partial charge in [-0.2, -0.15) is 0 Å². The average Bonchev–Trinajstić information content (AvgIpc) is 2.45. The van der Waals surface area contributed by atoms with E-state index in [1.165, 1.54) is 32.1 Å². The Hall–Kier alpha value is -0.770. The highest BCUT2D eigenvalue weighted by Crippen LogP contribution is 2.20. The number of nitrogens with one attached hydrogen (secondary N) is 2. The van der Waals surface area contributed by atoms with Crippen molar-refractivity contribution in [1.29, 1.82) is 0 Å². The molecule has 1 rings (SSSR count). The van der Waals surface area contributed by atoms with Gasteiger partial charge in [-0.3, -0.25) is 4.99 Å². The fraction of sp³-hybridized carbons (Fsp3) is 0.938. The molecule has 0 saturated heterocycles. The van der Waals surface area contributed by atoms with E-state index in [1.54, 1.807) is 0 Å². The van der Waals surface area contributed by atoms with E-state index in [0.29, 0.717) is 12.0 Å². The maximum Gasteiger partial charge on any atom is 0.191 e. The largest absolute Gasteiger partial charge is 0.378 e. The summed E-state index contributed by atoms with van der Waals surface area (Å²) in [6.45, 7) is 10.0. The van der Waals surface area contributed by atoms with Gasteiger partial charge in [-0.25, -0.2) is 0 Å². The van der Waals surface area contributed by atoms with Crippen LogP contribution < -0.4 is 10.6 Å². The molecule has 0 bridgehead atoms. The van der Waals surface area contributed by atoms with Crippen molar-refractivity contribution in [2.24, 2.45) is 10.9 Å². The van der Waals surface area contributed by atoms with E-state index in [0.717, 1.165) is 38.6 Å². The Balaban J connectivity index is 2.08. The molecule has 2 N–H and O–H groups in total. The van der Waals surface area contributed by atoms with Gasteiger partial charge in [0.25, 0.3) is 0 Å². The highest BCUT2D eigenvalue weighted by Gasteiger charge is 2.12. The highest BCUT2D eigenvalue weighted by atomic mass is 16.5. The van der Waals surface area contributed by atoms with Crippen molar-refractivity contribution in [3.05, 3.63) is 0 Å². The zero-order valence-electron chi connectivity index (χ0n) is 13.6. The summed E-state index contributed by atoms with van der Waals surface area (Å²) in [4.78, 5) is 4.55. The molecule has 1 aliphatic carbocycles. The van der Waals surface area contributed by atoms with Gasteiger partial charge in [0.05, 0.1) is 6.10 Å². The second kappa shape index (κ2) is 11.0. The number of hydrogen-bond acceptors (Lipinski definition) is 2. The number of nitrogens with zero attached hydrogens (tertiary/aromatic N) is 1. The summed E-state index contributed by atoms with van der Waals surface area (Å²) in [7, 11) is 0. The van der Waals surface area contributed by atoms with Gasteiger partial charge in [-0.15, -0.1) is 0 Å². The van der Waals surface area contributed by atoms with Gasteiger partial charge in [0, 0.05) is 26.2 Å². The van der Waals surface area contributed by atoms with Gasteiger partial charge in [0.15, 0.2) is 5.96 Å². The van der Waals surface area contributed by atoms with Crippen LogP contribution in [0.25, 0.3) is 0 Å². The fourth-order valence-electron chi connectivity index (χ4n) is 2.38. The van der Waals surface area contributed by atoms with E-state index < -0.39 is 0 Å². The predicted octanol–water partition coefficient (Wildman–Crippen LogP) is 2.94. The smallest absolute Gasteiger partial charge is 0.191 e. The minimum absolute atomic E-state index is 0.520. The molecule has 0 radical (unpaired) electrons. The number of hydrogen-bond donors (Lipinski definition) is 2. The third kappa shape index (κ3) is 8.41. The van der Waals surface area contributed by atoms with Crippen LogP contribution in [0.3, 0.4) is 0 Å². The van der Waals surface area contributed by atoms with E-state index in [-0.39, 0.29) is 0 Å². The standard InChI is InChI=1S/C16H33N3O/c1-4-17-16(19-13-14(2)3)18-11-8-12-20-15-9-6-5-7-10-15/h14-15H,4-13H2,1-3H3,(H2,17,18,19). The second-order valence-electron chi connectivity index (χ2n) is 6.02. The summed E-state index contributed by atoms with van der Waals surface area (Å²) in [5.74, 6) is 1.53. The fourth-order valence-corrected chi connectivity index (χ4v) is 2.38. The third-order valence-electron chi connectivity index (χ3n) is 3.48. The first-order valence-corrected chi connectivity index (χ1v) is 8.36. The molecule has 0 heterocycles. The Labute approximate surface area is 124 Å². The van der Waals surface area contributed by atoms with E-state index in [2.05, 4.69) is 36.4 Å². The summed E-state index contributed by atoms with van der Waals surface area (Å²) in [6, 6.07) is 0. The van der Waals surface area contributed by atoms with Crippen molar-refractivity contribution < 1.29 is 4.74 Å². The number of ether oxygens (including phenoxy) is 1. The molecule has 118 valence electrons. The van der Waals surface area contributed by atoms with Crippen LogP contribution in [-0.2, 0) is 4.74 Å². The number of guanidine groups is 1. The molecule has 1 saturated carbocycles. The zero-order chi connectivity index (χ0) is 14.6.